The first-order chi connectivity index (χ1) is 23.4. The second-order valence-corrected chi connectivity index (χ2v) is 11.6. The highest BCUT2D eigenvalue weighted by molar-refractivity contribution is 5.93. The van der Waals surface area contributed by atoms with Gasteiger partial charge in [-0.2, -0.15) is 0 Å². The van der Waals surface area contributed by atoms with Gasteiger partial charge in [-0.25, -0.2) is 0 Å². The molecule has 1 aromatic carbocycles. The van der Waals surface area contributed by atoms with E-state index in [1.807, 2.05) is 37.3 Å². The summed E-state index contributed by atoms with van der Waals surface area (Å²) >= 11 is 0. The Morgan fingerprint density at radius 3 is 2.20 bits per heavy atom. The van der Waals surface area contributed by atoms with Crippen molar-refractivity contribution in [3.63, 3.8) is 0 Å². The van der Waals surface area contributed by atoms with Gasteiger partial charge in [-0.1, -0.05) is 37.3 Å². The normalized spacial score (nSPS) is 15.3. The number of amidine groups is 2. The number of nitrogens with two attached hydrogens (primary N) is 3. The van der Waals surface area contributed by atoms with Crippen molar-refractivity contribution in [3.8, 4) is 0 Å². The maximum Gasteiger partial charge on any atom is 0.303 e. The molecule has 17 heteroatoms. The summed E-state index contributed by atoms with van der Waals surface area (Å²) < 4.78 is 0. The standard InChI is InChI=1S/C32H50N10O7/c1-2-17-41(21-28(44)37-16-7-15-36-27(43)13-11-25(34)39-40-26(35)12-14-30(46)47)29(45)20-38-31(48)24-10-6-18-42(24)32(49)23(33)19-22-8-4-3-5-9-22/h3-5,8-9,23-24H,2,6-7,10-21,33H2,1H3,(H2,34,39)(H2,35,40)(H,36,43)(H,37,44)(H,38,48)(H,46,47). The van der Waals surface area contributed by atoms with E-state index in [1.54, 1.807) is 0 Å². The third kappa shape index (κ3) is 15.6. The lowest BCUT2D eigenvalue weighted by atomic mass is 10.1. The number of carbonyl (C=O) groups excluding carboxylic acids is 5. The number of hydrogen-bond donors (Lipinski definition) is 7. The van der Waals surface area contributed by atoms with E-state index < -0.39 is 29.9 Å². The predicted octanol–water partition coefficient (Wildman–Crippen LogP) is -1.20. The highest BCUT2D eigenvalue weighted by Gasteiger charge is 2.36. The SMILES string of the molecule is CCCN(CC(=O)NCCCNC(=O)CC/C(N)=N/N=C(\N)CCC(=O)O)C(=O)CNC(=O)C1CCCN1C(=O)C(N)Cc1ccccc1. The van der Waals surface area contributed by atoms with Gasteiger partial charge in [0, 0.05) is 45.4 Å². The lowest BCUT2D eigenvalue weighted by Crippen LogP contribution is -2.53. The number of likely N-dealkylation sites (tertiary alicyclic amines) is 1. The molecule has 2 rings (SSSR count). The van der Waals surface area contributed by atoms with E-state index in [2.05, 4.69) is 26.2 Å². The first kappa shape index (κ1) is 40.1. The predicted molar refractivity (Wildman–Crippen MR) is 183 cm³/mol. The molecule has 1 heterocycles. The molecule has 5 amide bonds. The van der Waals surface area contributed by atoms with Crippen molar-refractivity contribution in [2.24, 2.45) is 27.4 Å². The Bertz CT molecular complexity index is 1340. The third-order valence-electron chi connectivity index (χ3n) is 7.56. The zero-order valence-electron chi connectivity index (χ0n) is 28.1. The van der Waals surface area contributed by atoms with Crippen LogP contribution in [0.25, 0.3) is 0 Å². The van der Waals surface area contributed by atoms with Crippen LogP contribution >= 0.6 is 0 Å². The van der Waals surface area contributed by atoms with Crippen LogP contribution in [0, 0.1) is 0 Å². The van der Waals surface area contributed by atoms with E-state index in [-0.39, 0.29) is 81.3 Å². The lowest BCUT2D eigenvalue weighted by molar-refractivity contribution is -0.140. The Balaban J connectivity index is 1.70. The zero-order chi connectivity index (χ0) is 36.2. The molecule has 1 aliphatic rings. The molecular weight excluding hydrogens is 636 g/mol. The highest BCUT2D eigenvalue weighted by atomic mass is 16.4. The van der Waals surface area contributed by atoms with Crippen molar-refractivity contribution in [2.45, 2.75) is 76.8 Å². The summed E-state index contributed by atoms with van der Waals surface area (Å²) in [5.41, 5.74) is 18.4. The summed E-state index contributed by atoms with van der Waals surface area (Å²) in [6.07, 6.45) is 2.53. The number of rotatable bonds is 21. The Kier molecular flexibility index (Phi) is 17.8. The van der Waals surface area contributed by atoms with E-state index in [1.165, 1.54) is 9.80 Å². The molecule has 1 aromatic rings. The van der Waals surface area contributed by atoms with E-state index in [0.717, 1.165) is 5.56 Å². The van der Waals surface area contributed by atoms with Gasteiger partial charge in [-0.05, 0) is 37.7 Å². The first-order valence-corrected chi connectivity index (χ1v) is 16.5. The fourth-order valence-corrected chi connectivity index (χ4v) is 4.99. The number of carboxylic acids is 1. The number of hydrogen-bond acceptors (Lipinski definition) is 9. The van der Waals surface area contributed by atoms with Crippen molar-refractivity contribution in [1.29, 1.82) is 0 Å². The molecule has 0 aromatic heterocycles. The van der Waals surface area contributed by atoms with Crippen LogP contribution in [0.4, 0.5) is 0 Å². The molecule has 2 atom stereocenters. The van der Waals surface area contributed by atoms with E-state index in [4.69, 9.17) is 22.3 Å². The summed E-state index contributed by atoms with van der Waals surface area (Å²) in [7, 11) is 0. The summed E-state index contributed by atoms with van der Waals surface area (Å²) in [6, 6.07) is 7.89. The average Bonchev–Trinajstić information content (AvgIpc) is 3.57. The van der Waals surface area contributed by atoms with Crippen molar-refractivity contribution >= 4 is 47.2 Å². The molecule has 0 saturated carbocycles. The first-order valence-electron chi connectivity index (χ1n) is 16.5. The van der Waals surface area contributed by atoms with Crippen LogP contribution in [0.2, 0.25) is 0 Å². The zero-order valence-corrected chi connectivity index (χ0v) is 28.1. The fourth-order valence-electron chi connectivity index (χ4n) is 4.99. The van der Waals surface area contributed by atoms with Gasteiger partial charge in [0.05, 0.1) is 25.6 Å². The van der Waals surface area contributed by atoms with Gasteiger partial charge in [0.2, 0.25) is 29.5 Å². The molecule has 0 spiro atoms. The lowest BCUT2D eigenvalue weighted by Gasteiger charge is -2.27. The van der Waals surface area contributed by atoms with Crippen molar-refractivity contribution in [2.75, 3.05) is 39.3 Å². The van der Waals surface area contributed by atoms with Gasteiger partial charge in [-0.15, -0.1) is 10.2 Å². The summed E-state index contributed by atoms with van der Waals surface area (Å²) in [5, 5.41) is 24.0. The van der Waals surface area contributed by atoms with Crippen LogP contribution < -0.4 is 33.2 Å². The van der Waals surface area contributed by atoms with Crippen LogP contribution in [-0.4, -0.2) is 113 Å². The minimum absolute atomic E-state index is 0.0205. The smallest absolute Gasteiger partial charge is 0.303 e. The van der Waals surface area contributed by atoms with Gasteiger partial charge in [0.1, 0.15) is 17.7 Å². The van der Waals surface area contributed by atoms with E-state index in [0.29, 0.717) is 45.2 Å². The molecule has 49 heavy (non-hydrogen) atoms. The Morgan fingerprint density at radius 2 is 1.57 bits per heavy atom. The van der Waals surface area contributed by atoms with Crippen LogP contribution in [0.5, 0.6) is 0 Å². The largest absolute Gasteiger partial charge is 0.481 e. The summed E-state index contributed by atoms with van der Waals surface area (Å²) in [5.74, 6) is -2.76. The summed E-state index contributed by atoms with van der Waals surface area (Å²) in [6.45, 7) is 2.63. The van der Waals surface area contributed by atoms with Gasteiger partial charge >= 0.3 is 5.97 Å². The molecule has 0 radical (unpaired) electrons. The molecule has 2 unspecified atom stereocenters. The number of nitrogens with zero attached hydrogens (tertiary/aromatic N) is 4. The minimum atomic E-state index is -1.01. The molecule has 270 valence electrons. The number of amides is 5. The molecule has 10 N–H and O–H groups in total. The van der Waals surface area contributed by atoms with Crippen LogP contribution in [0.15, 0.2) is 40.5 Å². The van der Waals surface area contributed by atoms with Crippen LogP contribution in [0.3, 0.4) is 0 Å². The number of carbonyl (C=O) groups is 6. The molecule has 1 saturated heterocycles. The number of carboxylic acid groups (broad SMARTS) is 1. The number of nitrogens with one attached hydrogen (secondary N) is 3. The Morgan fingerprint density at radius 1 is 0.939 bits per heavy atom. The fraction of sp³-hybridized carbons (Fsp3) is 0.562. The second-order valence-electron chi connectivity index (χ2n) is 11.6. The summed E-state index contributed by atoms with van der Waals surface area (Å²) in [4.78, 5) is 77.0. The van der Waals surface area contributed by atoms with Crippen molar-refractivity contribution < 1.29 is 33.9 Å². The Labute approximate surface area is 286 Å². The third-order valence-corrected chi connectivity index (χ3v) is 7.56. The van der Waals surface area contributed by atoms with Crippen molar-refractivity contribution in [3.05, 3.63) is 35.9 Å². The molecule has 0 aliphatic carbocycles. The van der Waals surface area contributed by atoms with E-state index in [9.17, 15) is 28.8 Å². The second kappa shape index (κ2) is 21.7. The van der Waals surface area contributed by atoms with Gasteiger partial charge in [0.15, 0.2) is 0 Å². The molecule has 0 bridgehead atoms. The molecule has 17 nitrogen and oxygen atoms in total. The maximum absolute atomic E-state index is 13.1. The van der Waals surface area contributed by atoms with Crippen LogP contribution in [-0.2, 0) is 35.2 Å². The van der Waals surface area contributed by atoms with E-state index >= 15 is 0 Å². The van der Waals surface area contributed by atoms with Crippen molar-refractivity contribution in [1.82, 2.24) is 25.8 Å². The highest BCUT2D eigenvalue weighted by Crippen LogP contribution is 2.19. The molecule has 1 aliphatic heterocycles. The molecular formula is C32H50N10O7. The monoisotopic (exact) mass is 686 g/mol. The van der Waals surface area contributed by atoms with Crippen LogP contribution in [0.1, 0.15) is 63.9 Å². The molecule has 1 fully saturated rings. The Hall–Kier alpha value is -5.06. The topological polar surface area (TPSA) is 268 Å². The number of benzene rings is 1. The number of aliphatic carboxylic acids is 1. The van der Waals surface area contributed by atoms with Gasteiger partial charge in [0.25, 0.3) is 0 Å². The minimum Gasteiger partial charge on any atom is -0.481 e. The van der Waals surface area contributed by atoms with Gasteiger partial charge < -0.3 is 48.1 Å². The quantitative estimate of drug-likeness (QED) is 0.0351. The maximum atomic E-state index is 13.1. The average molecular weight is 687 g/mol. The van der Waals surface area contributed by atoms with Gasteiger partial charge in [-0.3, -0.25) is 28.8 Å².